The molecule has 2 unspecified atom stereocenters. The lowest BCUT2D eigenvalue weighted by Gasteiger charge is -2.16. The summed E-state index contributed by atoms with van der Waals surface area (Å²) in [6.07, 6.45) is -2.63. The molecule has 2 atom stereocenters. The molecule has 0 aliphatic rings. The van der Waals surface area contributed by atoms with Crippen molar-refractivity contribution in [2.75, 3.05) is 5.32 Å². The fourth-order valence-corrected chi connectivity index (χ4v) is 2.01. The zero-order chi connectivity index (χ0) is 13.1. The molecule has 2 nitrogen and oxygen atoms in total. The van der Waals surface area contributed by atoms with Gasteiger partial charge in [0, 0.05) is 17.1 Å². The standard InChI is InChI=1S/C11H14BrF3N2/c1-7(12)5-8(2)17-10-4-3-9(6-16-10)11(13,14)15/h3-4,6-8H,5H2,1-2H3,(H,16,17). The summed E-state index contributed by atoms with van der Waals surface area (Å²) >= 11 is 3.42. The summed E-state index contributed by atoms with van der Waals surface area (Å²) < 4.78 is 36.9. The van der Waals surface area contributed by atoms with Gasteiger partial charge in [0.2, 0.25) is 0 Å². The highest BCUT2D eigenvalue weighted by Crippen LogP contribution is 2.28. The summed E-state index contributed by atoms with van der Waals surface area (Å²) in [4.78, 5) is 4.09. The Bertz CT molecular complexity index is 349. The van der Waals surface area contributed by atoms with Crippen LogP contribution in [0, 0.1) is 0 Å². The number of pyridine rings is 1. The Morgan fingerprint density at radius 1 is 1.35 bits per heavy atom. The molecule has 1 N–H and O–H groups in total. The highest BCUT2D eigenvalue weighted by molar-refractivity contribution is 9.09. The molecule has 96 valence electrons. The van der Waals surface area contributed by atoms with E-state index in [-0.39, 0.29) is 6.04 Å². The maximum atomic E-state index is 12.3. The van der Waals surface area contributed by atoms with Crippen LogP contribution in [0.5, 0.6) is 0 Å². The number of alkyl halides is 4. The van der Waals surface area contributed by atoms with Crippen molar-refractivity contribution in [1.82, 2.24) is 4.98 Å². The van der Waals surface area contributed by atoms with E-state index in [1.807, 2.05) is 13.8 Å². The topological polar surface area (TPSA) is 24.9 Å². The van der Waals surface area contributed by atoms with Crippen molar-refractivity contribution >= 4 is 21.7 Å². The average Bonchev–Trinajstić information content (AvgIpc) is 2.15. The lowest BCUT2D eigenvalue weighted by molar-refractivity contribution is -0.137. The predicted octanol–water partition coefficient (Wildman–Crippen LogP) is 4.07. The van der Waals surface area contributed by atoms with Gasteiger partial charge in [-0.05, 0) is 25.5 Å². The van der Waals surface area contributed by atoms with Crippen LogP contribution < -0.4 is 5.32 Å². The van der Waals surface area contributed by atoms with Crippen molar-refractivity contribution in [1.29, 1.82) is 0 Å². The van der Waals surface area contributed by atoms with Crippen LogP contribution in [0.2, 0.25) is 0 Å². The normalized spacial score (nSPS) is 15.4. The molecule has 1 heterocycles. The van der Waals surface area contributed by atoms with Gasteiger partial charge in [-0.3, -0.25) is 0 Å². The molecule has 1 aromatic rings. The van der Waals surface area contributed by atoms with Crippen LogP contribution in [-0.2, 0) is 6.18 Å². The maximum absolute atomic E-state index is 12.3. The van der Waals surface area contributed by atoms with Crippen molar-refractivity contribution in [2.45, 2.75) is 37.3 Å². The van der Waals surface area contributed by atoms with Crippen LogP contribution in [-0.4, -0.2) is 15.9 Å². The molecule has 6 heteroatoms. The van der Waals surface area contributed by atoms with Gasteiger partial charge in [0.25, 0.3) is 0 Å². The highest BCUT2D eigenvalue weighted by Gasteiger charge is 2.30. The molecule has 0 radical (unpaired) electrons. The van der Waals surface area contributed by atoms with Crippen LogP contribution in [0.15, 0.2) is 18.3 Å². The van der Waals surface area contributed by atoms with Crippen LogP contribution in [0.4, 0.5) is 19.0 Å². The van der Waals surface area contributed by atoms with Gasteiger partial charge < -0.3 is 5.32 Å². The van der Waals surface area contributed by atoms with E-state index in [4.69, 9.17) is 0 Å². The largest absolute Gasteiger partial charge is 0.417 e. The lowest BCUT2D eigenvalue weighted by Crippen LogP contribution is -2.19. The number of nitrogens with one attached hydrogen (secondary N) is 1. The fourth-order valence-electron chi connectivity index (χ4n) is 1.45. The zero-order valence-corrected chi connectivity index (χ0v) is 11.1. The Labute approximate surface area is 107 Å². The van der Waals surface area contributed by atoms with Crippen LogP contribution in [0.25, 0.3) is 0 Å². The third-order valence-corrected chi connectivity index (χ3v) is 2.54. The van der Waals surface area contributed by atoms with Crippen molar-refractivity contribution in [3.63, 3.8) is 0 Å². The minimum Gasteiger partial charge on any atom is -0.368 e. The minimum atomic E-state index is -4.33. The molecule has 0 amide bonds. The second kappa shape index (κ2) is 5.71. The Morgan fingerprint density at radius 2 is 2.00 bits per heavy atom. The Kier molecular flexibility index (Phi) is 4.80. The van der Waals surface area contributed by atoms with Gasteiger partial charge >= 0.3 is 6.18 Å². The second-order valence-electron chi connectivity index (χ2n) is 3.99. The van der Waals surface area contributed by atoms with Gasteiger partial charge in [0.05, 0.1) is 5.56 Å². The quantitative estimate of drug-likeness (QED) is 0.848. The van der Waals surface area contributed by atoms with Gasteiger partial charge in [-0.1, -0.05) is 22.9 Å². The monoisotopic (exact) mass is 310 g/mol. The van der Waals surface area contributed by atoms with E-state index in [2.05, 4.69) is 26.2 Å². The molecular weight excluding hydrogens is 297 g/mol. The molecule has 0 aliphatic carbocycles. The Morgan fingerprint density at radius 3 is 2.41 bits per heavy atom. The number of nitrogens with zero attached hydrogens (tertiary/aromatic N) is 1. The molecule has 0 bridgehead atoms. The Balaban J connectivity index is 2.63. The SMILES string of the molecule is CC(Br)CC(C)Nc1ccc(C(F)(F)F)cn1. The first kappa shape index (κ1) is 14.3. The molecule has 0 saturated carbocycles. The molecular formula is C11H14BrF3N2. The van der Waals surface area contributed by atoms with E-state index < -0.39 is 11.7 Å². The van der Waals surface area contributed by atoms with Crippen LogP contribution in [0.3, 0.4) is 0 Å². The van der Waals surface area contributed by atoms with E-state index >= 15 is 0 Å². The number of anilines is 1. The Hall–Kier alpha value is -0.780. The van der Waals surface area contributed by atoms with Gasteiger partial charge in [-0.2, -0.15) is 13.2 Å². The third kappa shape index (κ3) is 4.93. The first-order valence-corrected chi connectivity index (χ1v) is 6.14. The summed E-state index contributed by atoms with van der Waals surface area (Å²) in [5.74, 6) is 0.457. The number of hydrogen-bond donors (Lipinski definition) is 1. The molecule has 0 aliphatic heterocycles. The second-order valence-corrected chi connectivity index (χ2v) is 5.55. The summed E-state index contributed by atoms with van der Waals surface area (Å²) in [6, 6.07) is 2.52. The summed E-state index contributed by atoms with van der Waals surface area (Å²) in [5, 5.41) is 3.04. The molecule has 1 rings (SSSR count). The zero-order valence-electron chi connectivity index (χ0n) is 9.55. The smallest absolute Gasteiger partial charge is 0.368 e. The number of rotatable bonds is 4. The maximum Gasteiger partial charge on any atom is 0.417 e. The van der Waals surface area contributed by atoms with Crippen LogP contribution >= 0.6 is 15.9 Å². The van der Waals surface area contributed by atoms with E-state index in [1.165, 1.54) is 6.07 Å². The molecule has 0 saturated heterocycles. The van der Waals surface area contributed by atoms with E-state index in [9.17, 15) is 13.2 Å². The van der Waals surface area contributed by atoms with Crippen molar-refractivity contribution < 1.29 is 13.2 Å². The molecule has 0 aromatic carbocycles. The highest BCUT2D eigenvalue weighted by atomic mass is 79.9. The average molecular weight is 311 g/mol. The molecule has 0 spiro atoms. The van der Waals surface area contributed by atoms with E-state index in [1.54, 1.807) is 0 Å². The van der Waals surface area contributed by atoms with Gasteiger partial charge in [0.15, 0.2) is 0 Å². The molecule has 0 fully saturated rings. The predicted molar refractivity (Wildman–Crippen MR) is 65.3 cm³/mol. The number of aromatic nitrogens is 1. The van der Waals surface area contributed by atoms with Crippen molar-refractivity contribution in [2.24, 2.45) is 0 Å². The first-order chi connectivity index (χ1) is 7.79. The molecule has 17 heavy (non-hydrogen) atoms. The third-order valence-electron chi connectivity index (χ3n) is 2.16. The summed E-state index contributed by atoms with van der Waals surface area (Å²) in [7, 11) is 0. The lowest BCUT2D eigenvalue weighted by atomic mass is 10.2. The number of halogens is 4. The minimum absolute atomic E-state index is 0.147. The summed E-state index contributed by atoms with van der Waals surface area (Å²) in [5.41, 5.74) is -0.732. The first-order valence-electron chi connectivity index (χ1n) is 5.23. The van der Waals surface area contributed by atoms with Crippen molar-refractivity contribution in [3.05, 3.63) is 23.9 Å². The van der Waals surface area contributed by atoms with Crippen LogP contribution in [0.1, 0.15) is 25.8 Å². The van der Waals surface area contributed by atoms with Gasteiger partial charge in [-0.25, -0.2) is 4.98 Å². The van der Waals surface area contributed by atoms with Crippen molar-refractivity contribution in [3.8, 4) is 0 Å². The van der Waals surface area contributed by atoms with Gasteiger partial charge in [-0.15, -0.1) is 0 Å². The number of hydrogen-bond acceptors (Lipinski definition) is 2. The van der Waals surface area contributed by atoms with E-state index in [0.717, 1.165) is 18.7 Å². The fraction of sp³-hybridized carbons (Fsp3) is 0.545. The van der Waals surface area contributed by atoms with Gasteiger partial charge in [0.1, 0.15) is 5.82 Å². The molecule has 1 aromatic heterocycles. The van der Waals surface area contributed by atoms with E-state index in [0.29, 0.717) is 10.6 Å². The summed E-state index contributed by atoms with van der Waals surface area (Å²) in [6.45, 7) is 3.97.